The Hall–Kier alpha value is -0.940. The number of nitrogens with zero attached hydrogens (tertiary/aromatic N) is 1. The van der Waals surface area contributed by atoms with E-state index < -0.39 is 0 Å². The van der Waals surface area contributed by atoms with E-state index in [1.165, 1.54) is 161 Å². The van der Waals surface area contributed by atoms with Crippen LogP contribution < -0.4 is 5.32 Å². The van der Waals surface area contributed by atoms with Gasteiger partial charge in [-0.1, -0.05) is 174 Å². The fourth-order valence-corrected chi connectivity index (χ4v) is 6.24. The SMILES string of the molecule is CCCCCCCCCCCCCCCCC(=O)CCNCCCN(C)CCC(=O)OCCCCCCCCCCCCCCC. The first-order valence-electron chi connectivity index (χ1n) is 20.7. The first-order valence-corrected chi connectivity index (χ1v) is 20.7. The summed E-state index contributed by atoms with van der Waals surface area (Å²) >= 11 is 0. The van der Waals surface area contributed by atoms with Crippen molar-refractivity contribution in [1.82, 2.24) is 10.2 Å². The average Bonchev–Trinajstić information content (AvgIpc) is 3.05. The highest BCUT2D eigenvalue weighted by Crippen LogP contribution is 2.14. The fraction of sp³-hybridized carbons (Fsp3) is 0.951. The van der Waals surface area contributed by atoms with Crippen molar-refractivity contribution in [3.63, 3.8) is 0 Å². The summed E-state index contributed by atoms with van der Waals surface area (Å²) in [7, 11) is 2.07. The van der Waals surface area contributed by atoms with Crippen LogP contribution in [-0.2, 0) is 14.3 Å². The molecule has 0 aromatic heterocycles. The number of hydrogen-bond donors (Lipinski definition) is 1. The lowest BCUT2D eigenvalue weighted by Crippen LogP contribution is -2.27. The molecule has 0 aliphatic carbocycles. The highest BCUT2D eigenvalue weighted by atomic mass is 16.5. The van der Waals surface area contributed by atoms with E-state index in [1.807, 2.05) is 0 Å². The van der Waals surface area contributed by atoms with Gasteiger partial charge in [-0.2, -0.15) is 0 Å². The Morgan fingerprint density at radius 2 is 0.870 bits per heavy atom. The molecule has 0 rings (SSSR count). The number of ether oxygens (including phenoxy) is 1. The van der Waals surface area contributed by atoms with Crippen molar-refractivity contribution in [2.24, 2.45) is 0 Å². The predicted molar refractivity (Wildman–Crippen MR) is 201 cm³/mol. The Morgan fingerprint density at radius 3 is 1.33 bits per heavy atom. The van der Waals surface area contributed by atoms with Crippen LogP contribution in [0.3, 0.4) is 0 Å². The van der Waals surface area contributed by atoms with E-state index in [0.717, 1.165) is 51.9 Å². The Labute approximate surface area is 288 Å². The van der Waals surface area contributed by atoms with Crippen LogP contribution in [0.25, 0.3) is 0 Å². The molecule has 0 saturated carbocycles. The molecule has 0 aromatic rings. The summed E-state index contributed by atoms with van der Waals surface area (Å²) in [4.78, 5) is 26.4. The number of hydrogen-bond acceptors (Lipinski definition) is 5. The van der Waals surface area contributed by atoms with E-state index >= 15 is 0 Å². The summed E-state index contributed by atoms with van der Waals surface area (Å²) in [5.41, 5.74) is 0. The fourth-order valence-electron chi connectivity index (χ4n) is 6.24. The summed E-state index contributed by atoms with van der Waals surface area (Å²) in [6.07, 6.45) is 39.1. The van der Waals surface area contributed by atoms with Gasteiger partial charge in [0.05, 0.1) is 13.0 Å². The molecule has 0 aliphatic heterocycles. The van der Waals surface area contributed by atoms with Crippen molar-refractivity contribution in [2.75, 3.05) is 39.8 Å². The summed E-state index contributed by atoms with van der Waals surface area (Å²) in [6, 6.07) is 0. The second-order valence-corrected chi connectivity index (χ2v) is 14.3. The summed E-state index contributed by atoms with van der Waals surface area (Å²) in [6.45, 7) is 8.53. The van der Waals surface area contributed by atoms with Crippen LogP contribution in [0.15, 0.2) is 0 Å². The van der Waals surface area contributed by atoms with Gasteiger partial charge in [-0.05, 0) is 39.4 Å². The number of ketones is 1. The zero-order valence-corrected chi connectivity index (χ0v) is 31.6. The normalized spacial score (nSPS) is 11.5. The Bertz CT molecular complexity index is 627. The molecule has 0 aromatic carbocycles. The zero-order valence-electron chi connectivity index (χ0n) is 31.6. The average molecular weight is 651 g/mol. The van der Waals surface area contributed by atoms with Gasteiger partial charge in [-0.25, -0.2) is 0 Å². The van der Waals surface area contributed by atoms with Crippen molar-refractivity contribution >= 4 is 11.8 Å². The topological polar surface area (TPSA) is 58.6 Å². The summed E-state index contributed by atoms with van der Waals surface area (Å²) in [5.74, 6) is 0.335. The lowest BCUT2D eigenvalue weighted by Gasteiger charge is -2.16. The summed E-state index contributed by atoms with van der Waals surface area (Å²) < 4.78 is 5.44. The Morgan fingerprint density at radius 1 is 0.457 bits per heavy atom. The van der Waals surface area contributed by atoms with Gasteiger partial charge in [-0.3, -0.25) is 9.59 Å². The molecule has 0 unspecified atom stereocenters. The standard InChI is InChI=1S/C41H82N2O3/c1-4-6-8-10-12-14-16-18-19-21-23-25-27-29-32-40(44)33-36-42-35-31-37-43(3)38-34-41(45)46-39-30-28-26-24-22-20-17-15-13-11-9-7-5-2/h42H,4-39H2,1-3H3. The van der Waals surface area contributed by atoms with Gasteiger partial charge in [0.25, 0.3) is 0 Å². The van der Waals surface area contributed by atoms with E-state index in [0.29, 0.717) is 25.2 Å². The van der Waals surface area contributed by atoms with E-state index in [2.05, 4.69) is 31.1 Å². The second kappa shape index (κ2) is 38.5. The number of unbranched alkanes of at least 4 members (excludes halogenated alkanes) is 25. The summed E-state index contributed by atoms with van der Waals surface area (Å²) in [5, 5.41) is 3.42. The minimum atomic E-state index is -0.0683. The second-order valence-electron chi connectivity index (χ2n) is 14.3. The van der Waals surface area contributed by atoms with Gasteiger partial charge < -0.3 is 15.0 Å². The number of Topliss-reactive ketones (excluding diaryl/α,β-unsaturated/α-hetero) is 1. The number of carbonyl (C=O) groups is 2. The molecule has 46 heavy (non-hydrogen) atoms. The van der Waals surface area contributed by atoms with E-state index in [4.69, 9.17) is 4.74 Å². The van der Waals surface area contributed by atoms with Gasteiger partial charge in [0.15, 0.2) is 0 Å². The minimum absolute atomic E-state index is 0.0683. The molecule has 0 bridgehead atoms. The molecule has 0 aliphatic rings. The highest BCUT2D eigenvalue weighted by molar-refractivity contribution is 5.78. The Kier molecular flexibility index (Phi) is 37.7. The smallest absolute Gasteiger partial charge is 0.307 e. The van der Waals surface area contributed by atoms with Crippen molar-refractivity contribution in [3.8, 4) is 0 Å². The maximum Gasteiger partial charge on any atom is 0.307 e. The molecule has 0 saturated heterocycles. The van der Waals surface area contributed by atoms with Crippen LogP contribution >= 0.6 is 0 Å². The van der Waals surface area contributed by atoms with Crippen molar-refractivity contribution in [1.29, 1.82) is 0 Å². The van der Waals surface area contributed by atoms with Crippen LogP contribution in [0.5, 0.6) is 0 Å². The molecule has 274 valence electrons. The third-order valence-corrected chi connectivity index (χ3v) is 9.49. The maximum atomic E-state index is 12.2. The molecule has 0 spiro atoms. The van der Waals surface area contributed by atoms with E-state index in [-0.39, 0.29) is 5.97 Å². The van der Waals surface area contributed by atoms with Crippen LogP contribution in [0.4, 0.5) is 0 Å². The lowest BCUT2D eigenvalue weighted by atomic mass is 10.0. The van der Waals surface area contributed by atoms with Gasteiger partial charge in [0.1, 0.15) is 5.78 Å². The predicted octanol–water partition coefficient (Wildman–Crippen LogP) is 11.8. The van der Waals surface area contributed by atoms with E-state index in [1.54, 1.807) is 0 Å². The molecule has 0 fully saturated rings. The van der Waals surface area contributed by atoms with Crippen LogP contribution in [0.1, 0.15) is 213 Å². The Balaban J connectivity index is 3.35. The quantitative estimate of drug-likeness (QED) is 0.0530. The molecule has 5 nitrogen and oxygen atoms in total. The molecular weight excluding hydrogens is 568 g/mol. The number of carbonyl (C=O) groups excluding carboxylic acids is 2. The molecule has 0 heterocycles. The minimum Gasteiger partial charge on any atom is -0.466 e. The van der Waals surface area contributed by atoms with Gasteiger partial charge >= 0.3 is 5.97 Å². The third-order valence-electron chi connectivity index (χ3n) is 9.49. The van der Waals surface area contributed by atoms with Crippen molar-refractivity contribution in [2.45, 2.75) is 213 Å². The van der Waals surface area contributed by atoms with Crippen molar-refractivity contribution < 1.29 is 14.3 Å². The zero-order chi connectivity index (χ0) is 33.6. The molecule has 5 heteroatoms. The van der Waals surface area contributed by atoms with Gasteiger partial charge in [0.2, 0.25) is 0 Å². The van der Waals surface area contributed by atoms with E-state index in [9.17, 15) is 9.59 Å². The number of rotatable bonds is 39. The third kappa shape index (κ3) is 37.5. The molecular formula is C41H82N2O3. The number of esters is 1. The first kappa shape index (κ1) is 45.1. The van der Waals surface area contributed by atoms with Gasteiger partial charge in [0, 0.05) is 25.9 Å². The lowest BCUT2D eigenvalue weighted by molar-refractivity contribution is -0.144. The van der Waals surface area contributed by atoms with Crippen LogP contribution in [0, 0.1) is 0 Å². The van der Waals surface area contributed by atoms with Crippen molar-refractivity contribution in [3.05, 3.63) is 0 Å². The van der Waals surface area contributed by atoms with Gasteiger partial charge in [-0.15, -0.1) is 0 Å². The first-order chi connectivity index (χ1) is 22.6. The molecule has 0 amide bonds. The monoisotopic (exact) mass is 651 g/mol. The molecule has 1 N–H and O–H groups in total. The molecule has 0 atom stereocenters. The maximum absolute atomic E-state index is 12.2. The van der Waals surface area contributed by atoms with Crippen LogP contribution in [-0.4, -0.2) is 56.5 Å². The molecule has 0 radical (unpaired) electrons. The largest absolute Gasteiger partial charge is 0.466 e. The number of nitrogens with one attached hydrogen (secondary N) is 1. The van der Waals surface area contributed by atoms with Crippen LogP contribution in [0.2, 0.25) is 0 Å². The highest BCUT2D eigenvalue weighted by Gasteiger charge is 2.06.